The summed E-state index contributed by atoms with van der Waals surface area (Å²) in [6.07, 6.45) is -0.443. The Morgan fingerprint density at radius 1 is 1.00 bits per heavy atom. The molecule has 2 N–H and O–H groups in total. The van der Waals surface area contributed by atoms with Crippen molar-refractivity contribution in [1.82, 2.24) is 14.9 Å². The summed E-state index contributed by atoms with van der Waals surface area (Å²) in [4.78, 5) is 26.3. The number of likely N-dealkylation sites (tertiary alicyclic amines) is 1. The first kappa shape index (κ1) is 28.4. The van der Waals surface area contributed by atoms with Crippen LogP contribution in [0, 0.1) is 5.92 Å². The molecule has 2 saturated heterocycles. The first-order chi connectivity index (χ1) is 18.6. The van der Waals surface area contributed by atoms with Crippen LogP contribution in [0.2, 0.25) is 0 Å². The fraction of sp³-hybridized carbons (Fsp3) is 0.379. The zero-order chi connectivity index (χ0) is 28.2. The quantitative estimate of drug-likeness (QED) is 0.428. The number of nitrogens with zero attached hydrogens (tertiary/aromatic N) is 3. The molecule has 2 aliphatic rings. The van der Waals surface area contributed by atoms with Crippen molar-refractivity contribution < 1.29 is 33.0 Å². The van der Waals surface area contributed by atoms with Crippen molar-refractivity contribution in [2.24, 2.45) is 5.92 Å². The maximum Gasteiger partial charge on any atom is 0.403 e. The number of fused-ring (bicyclic) bond motifs is 1. The summed E-state index contributed by atoms with van der Waals surface area (Å²) in [5.41, 5.74) is 1.46. The second kappa shape index (κ2) is 12.0. The van der Waals surface area contributed by atoms with Gasteiger partial charge < -0.3 is 10.2 Å². The lowest BCUT2D eigenvalue weighted by atomic mass is 9.81. The molecule has 0 radical (unpaired) electrons. The molecule has 0 aromatic heterocycles. The van der Waals surface area contributed by atoms with Gasteiger partial charge in [0.15, 0.2) is 0 Å². The molecular weight excluding hydrogens is 511 g/mol. The smallest absolute Gasteiger partial charge is 0.403 e. The van der Waals surface area contributed by atoms with Gasteiger partial charge in [-0.1, -0.05) is 80.1 Å². The minimum absolute atomic E-state index is 0.425. The van der Waals surface area contributed by atoms with Crippen LogP contribution in [0.4, 0.5) is 13.2 Å². The van der Waals surface area contributed by atoms with Gasteiger partial charge in [0.1, 0.15) is 12.2 Å². The van der Waals surface area contributed by atoms with Crippen molar-refractivity contribution in [3.63, 3.8) is 0 Å². The standard InChI is InChI=1S/C29H32F3N3O4/c1-2-3-14-33-17-22(15-20-10-6-4-7-11-20)27-23(18-33)26(21-12-8-5-9-13-21)34(19-29(30,31)32)35(27)24(28(38)39)16-25(36)37/h4-13,15-16,23,26-27H,2-3,14,17-19H2,1H3,(H,36,37)(H,38,39)/b22-15?,24-16+. The molecule has 2 fully saturated rings. The third kappa shape index (κ3) is 6.69. The van der Waals surface area contributed by atoms with Crippen LogP contribution < -0.4 is 0 Å². The Labute approximate surface area is 225 Å². The molecule has 0 saturated carbocycles. The van der Waals surface area contributed by atoms with E-state index in [9.17, 15) is 33.0 Å². The predicted octanol–water partition coefficient (Wildman–Crippen LogP) is 5.06. The molecule has 0 amide bonds. The number of piperidine rings is 1. The summed E-state index contributed by atoms with van der Waals surface area (Å²) >= 11 is 0. The van der Waals surface area contributed by atoms with Crippen LogP contribution in [0.25, 0.3) is 6.08 Å². The Balaban J connectivity index is 1.96. The predicted molar refractivity (Wildman–Crippen MR) is 140 cm³/mol. The van der Waals surface area contributed by atoms with Crippen molar-refractivity contribution in [2.45, 2.75) is 38.0 Å². The maximum absolute atomic E-state index is 14.1. The highest BCUT2D eigenvalue weighted by molar-refractivity contribution is 5.94. The number of benzene rings is 2. The lowest BCUT2D eigenvalue weighted by molar-refractivity contribution is -0.179. The maximum atomic E-state index is 14.1. The molecule has 2 heterocycles. The molecule has 2 aromatic rings. The number of hydrogen-bond acceptors (Lipinski definition) is 5. The van der Waals surface area contributed by atoms with Gasteiger partial charge in [0, 0.05) is 19.0 Å². The topological polar surface area (TPSA) is 84.3 Å². The third-order valence-corrected chi connectivity index (χ3v) is 7.12. The second-order valence-electron chi connectivity index (χ2n) is 9.91. The highest BCUT2D eigenvalue weighted by Gasteiger charge is 2.55. The first-order valence-corrected chi connectivity index (χ1v) is 12.9. The van der Waals surface area contributed by atoms with Gasteiger partial charge in [-0.25, -0.2) is 14.6 Å². The van der Waals surface area contributed by atoms with Crippen molar-refractivity contribution in [1.29, 1.82) is 0 Å². The van der Waals surface area contributed by atoms with E-state index in [0.717, 1.165) is 40.5 Å². The Hall–Kier alpha value is -3.63. The van der Waals surface area contributed by atoms with Crippen LogP contribution in [0.15, 0.2) is 78.0 Å². The SMILES string of the molecule is CCCCN1CC(=Cc2ccccc2)C2C(C1)C(c1ccccc1)N(CC(F)(F)F)N2/C(=C/C(=O)O)C(=O)O. The molecular formula is C29H32F3N3O4. The number of carboxylic acid groups (broad SMARTS) is 2. The molecule has 7 nitrogen and oxygen atoms in total. The first-order valence-electron chi connectivity index (χ1n) is 12.9. The van der Waals surface area contributed by atoms with Crippen molar-refractivity contribution in [3.8, 4) is 0 Å². The summed E-state index contributed by atoms with van der Waals surface area (Å²) in [5.74, 6) is -3.62. The molecule has 2 aromatic carbocycles. The lowest BCUT2D eigenvalue weighted by Gasteiger charge is -2.41. The monoisotopic (exact) mass is 543 g/mol. The average Bonchev–Trinajstić information content (AvgIpc) is 3.18. The van der Waals surface area contributed by atoms with Crippen LogP contribution in [-0.2, 0) is 9.59 Å². The van der Waals surface area contributed by atoms with Crippen LogP contribution in [0.1, 0.15) is 36.9 Å². The molecule has 3 unspecified atom stereocenters. The van der Waals surface area contributed by atoms with Gasteiger partial charge in [-0.05, 0) is 29.7 Å². The number of hydrazine groups is 1. The largest absolute Gasteiger partial charge is 0.478 e. The Morgan fingerprint density at radius 3 is 2.21 bits per heavy atom. The second-order valence-corrected chi connectivity index (χ2v) is 9.91. The Morgan fingerprint density at radius 2 is 1.64 bits per heavy atom. The number of halogens is 3. The van der Waals surface area contributed by atoms with Crippen LogP contribution in [-0.4, -0.2) is 75.5 Å². The van der Waals surface area contributed by atoms with Gasteiger partial charge >= 0.3 is 18.1 Å². The van der Waals surface area contributed by atoms with E-state index >= 15 is 0 Å². The summed E-state index contributed by atoms with van der Waals surface area (Å²) in [5, 5.41) is 21.7. The molecule has 39 heavy (non-hydrogen) atoms. The van der Waals surface area contributed by atoms with Crippen LogP contribution in [0.5, 0.6) is 0 Å². The van der Waals surface area contributed by atoms with Crippen molar-refractivity contribution in [3.05, 3.63) is 89.1 Å². The highest BCUT2D eigenvalue weighted by Crippen LogP contribution is 2.49. The van der Waals surface area contributed by atoms with E-state index in [1.165, 1.54) is 0 Å². The molecule has 2 aliphatic heterocycles. The third-order valence-electron chi connectivity index (χ3n) is 7.12. The summed E-state index contributed by atoms with van der Waals surface area (Å²) in [6, 6.07) is 16.4. The number of rotatable bonds is 9. The van der Waals surface area contributed by atoms with Crippen molar-refractivity contribution >= 4 is 18.0 Å². The minimum Gasteiger partial charge on any atom is -0.478 e. The molecule has 3 atom stereocenters. The fourth-order valence-corrected chi connectivity index (χ4v) is 5.72. The van der Waals surface area contributed by atoms with E-state index in [1.54, 1.807) is 30.3 Å². The van der Waals surface area contributed by atoms with Gasteiger partial charge in [0.2, 0.25) is 0 Å². The average molecular weight is 544 g/mol. The van der Waals surface area contributed by atoms with Gasteiger partial charge in [-0.2, -0.15) is 13.2 Å². The highest BCUT2D eigenvalue weighted by atomic mass is 19.4. The normalized spacial score (nSPS) is 23.7. The van der Waals surface area contributed by atoms with Gasteiger partial charge in [0.05, 0.1) is 18.2 Å². The fourth-order valence-electron chi connectivity index (χ4n) is 5.72. The number of alkyl halides is 3. The Bertz CT molecular complexity index is 1220. The zero-order valence-electron chi connectivity index (χ0n) is 21.6. The van der Waals surface area contributed by atoms with Gasteiger partial charge in [0.25, 0.3) is 0 Å². The summed E-state index contributed by atoms with van der Waals surface area (Å²) < 4.78 is 42.3. The molecule has 0 spiro atoms. The molecule has 4 rings (SSSR count). The number of unbranched alkanes of at least 4 members (excludes halogenated alkanes) is 1. The summed E-state index contributed by atoms with van der Waals surface area (Å²) in [7, 11) is 0. The van der Waals surface area contributed by atoms with E-state index in [-0.39, 0.29) is 0 Å². The molecule has 0 aliphatic carbocycles. The number of hydrogen-bond donors (Lipinski definition) is 2. The number of carbonyl (C=O) groups is 2. The van der Waals surface area contributed by atoms with Crippen LogP contribution in [0.3, 0.4) is 0 Å². The van der Waals surface area contributed by atoms with E-state index < -0.39 is 48.4 Å². The molecule has 10 heteroatoms. The minimum atomic E-state index is -4.67. The zero-order valence-corrected chi connectivity index (χ0v) is 21.6. The number of aliphatic carboxylic acids is 2. The van der Waals surface area contributed by atoms with Crippen LogP contribution >= 0.6 is 0 Å². The van der Waals surface area contributed by atoms with Gasteiger partial charge in [-0.3, -0.25) is 9.91 Å². The number of carboxylic acids is 2. The Kier molecular flexibility index (Phi) is 8.76. The van der Waals surface area contributed by atoms with E-state index in [2.05, 4.69) is 11.8 Å². The molecule has 208 valence electrons. The van der Waals surface area contributed by atoms with Crippen molar-refractivity contribution in [2.75, 3.05) is 26.2 Å². The van der Waals surface area contributed by atoms with E-state index in [4.69, 9.17) is 0 Å². The van der Waals surface area contributed by atoms with E-state index in [1.807, 2.05) is 36.4 Å². The van der Waals surface area contributed by atoms with E-state index in [0.29, 0.717) is 24.7 Å². The summed E-state index contributed by atoms with van der Waals surface area (Å²) in [6.45, 7) is 2.23. The van der Waals surface area contributed by atoms with Gasteiger partial charge in [-0.15, -0.1) is 0 Å². The molecule has 0 bridgehead atoms. The lowest BCUT2D eigenvalue weighted by Crippen LogP contribution is -2.51.